The van der Waals surface area contributed by atoms with Crippen LogP contribution in [0.1, 0.15) is 0 Å². The molecule has 0 saturated heterocycles. The third-order valence-electron chi connectivity index (χ3n) is 14.8. The van der Waals surface area contributed by atoms with Crippen LogP contribution in [0.15, 0.2) is 271 Å². The molecule has 0 radical (unpaired) electrons. The van der Waals surface area contributed by atoms with Crippen LogP contribution < -0.4 is 9.80 Å². The summed E-state index contributed by atoms with van der Waals surface area (Å²) in [6.07, 6.45) is 0. The number of rotatable bonds is 9. The van der Waals surface area contributed by atoms with Gasteiger partial charge in [0.15, 0.2) is 11.6 Å². The normalized spacial score (nSPS) is 11.9. The van der Waals surface area contributed by atoms with Gasteiger partial charge < -0.3 is 9.32 Å². The van der Waals surface area contributed by atoms with Crippen molar-refractivity contribution >= 4 is 78.0 Å². The van der Waals surface area contributed by atoms with Gasteiger partial charge in [-0.3, -0.25) is 4.90 Å². The van der Waals surface area contributed by atoms with Crippen LogP contribution in [-0.2, 0) is 0 Å². The van der Waals surface area contributed by atoms with Crippen LogP contribution in [-0.4, -0.2) is 19.9 Å². The van der Waals surface area contributed by atoms with E-state index in [1.807, 2.05) is 72.8 Å². The number of anilines is 6. The van der Waals surface area contributed by atoms with Crippen molar-refractivity contribution in [3.05, 3.63) is 267 Å². The van der Waals surface area contributed by atoms with Gasteiger partial charge >= 0.3 is 0 Å². The minimum Gasteiger partial charge on any atom is -0.455 e. The first kappa shape index (κ1) is 44.0. The summed E-state index contributed by atoms with van der Waals surface area (Å²) in [4.78, 5) is 25.8. The van der Waals surface area contributed by atoms with E-state index in [4.69, 9.17) is 24.4 Å². The Morgan fingerprint density at radius 1 is 0.338 bits per heavy atom. The van der Waals surface area contributed by atoms with Crippen LogP contribution in [0.5, 0.6) is 0 Å². The first-order valence-electron chi connectivity index (χ1n) is 25.9. The van der Waals surface area contributed by atoms with Gasteiger partial charge in [-0.25, -0.2) is 9.97 Å². The Labute approximate surface area is 444 Å². The molecule has 0 bridgehead atoms. The number of hydrogen-bond acceptors (Lipinski definition) is 7. The van der Waals surface area contributed by atoms with Crippen molar-refractivity contribution < 1.29 is 4.42 Å². The molecule has 0 amide bonds. The summed E-state index contributed by atoms with van der Waals surface area (Å²) in [5, 5.41) is 5.46. The fourth-order valence-corrected chi connectivity index (χ4v) is 11.3. The summed E-state index contributed by atoms with van der Waals surface area (Å²) in [5.74, 6) is 1.70. The Bertz CT molecular complexity index is 4500. The first-order valence-corrected chi connectivity index (χ1v) is 25.9. The molecule has 0 spiro atoms. The van der Waals surface area contributed by atoms with Crippen molar-refractivity contribution in [2.75, 3.05) is 9.80 Å². The standard InChI is InChI=1S/C70H44N6O/c1-4-18-45(19-5-1)50-24-14-25-53(44-50)75(52-42-38-47(39-43-52)55-29-15-31-59-57-27-11-13-35-63(57)77-67(55)59)51-40-36-46(37-41-51)54-28-16-33-61-64(54)66-65-58(56-26-10-12-32-60(56)71-66)30-17-34-62(65)76(61)70-73-68(48-20-6-2-7-21-48)72-69(74-70)49-22-8-3-9-23-49/h1-44H. The zero-order chi connectivity index (χ0) is 50.8. The molecule has 360 valence electrons. The second-order valence-electron chi connectivity index (χ2n) is 19.4. The summed E-state index contributed by atoms with van der Waals surface area (Å²) in [5.41, 5.74) is 17.9. The molecule has 3 aromatic heterocycles. The van der Waals surface area contributed by atoms with Gasteiger partial charge in [-0.05, 0) is 93.9 Å². The number of benzene rings is 11. The van der Waals surface area contributed by atoms with Crippen LogP contribution >= 0.6 is 0 Å². The summed E-state index contributed by atoms with van der Waals surface area (Å²) in [6.45, 7) is 0. The van der Waals surface area contributed by atoms with Gasteiger partial charge in [0.2, 0.25) is 5.95 Å². The molecule has 11 aromatic carbocycles. The summed E-state index contributed by atoms with van der Waals surface area (Å²) >= 11 is 0. The highest BCUT2D eigenvalue weighted by molar-refractivity contribution is 6.21. The Morgan fingerprint density at radius 3 is 1.58 bits per heavy atom. The lowest BCUT2D eigenvalue weighted by Crippen LogP contribution is -2.19. The van der Waals surface area contributed by atoms with Crippen molar-refractivity contribution in [3.8, 4) is 67.4 Å². The molecule has 0 N–H and O–H groups in total. The molecule has 1 aliphatic heterocycles. The Kier molecular flexibility index (Phi) is 10.4. The van der Waals surface area contributed by atoms with Gasteiger partial charge in [-0.1, -0.05) is 206 Å². The monoisotopic (exact) mass is 984 g/mol. The van der Waals surface area contributed by atoms with E-state index in [1.165, 1.54) is 0 Å². The molecule has 0 fully saturated rings. The number of para-hydroxylation sites is 3. The largest absolute Gasteiger partial charge is 0.455 e. The molecule has 7 nitrogen and oxygen atoms in total. The maximum atomic E-state index is 6.49. The van der Waals surface area contributed by atoms with E-state index in [-0.39, 0.29) is 0 Å². The molecule has 0 aliphatic carbocycles. The van der Waals surface area contributed by atoms with E-state index in [1.54, 1.807) is 0 Å². The maximum Gasteiger partial charge on any atom is 0.238 e. The van der Waals surface area contributed by atoms with Crippen LogP contribution in [0.2, 0.25) is 0 Å². The van der Waals surface area contributed by atoms with Gasteiger partial charge in [0, 0.05) is 60.9 Å². The fraction of sp³-hybridized carbons (Fsp3) is 0. The van der Waals surface area contributed by atoms with E-state index in [0.29, 0.717) is 17.6 Å². The molecule has 1 aliphatic rings. The second-order valence-corrected chi connectivity index (χ2v) is 19.4. The van der Waals surface area contributed by atoms with Crippen LogP contribution in [0.3, 0.4) is 0 Å². The quantitative estimate of drug-likeness (QED) is 0.133. The molecule has 0 atom stereocenters. The smallest absolute Gasteiger partial charge is 0.238 e. The molecule has 7 heteroatoms. The Balaban J connectivity index is 0.893. The van der Waals surface area contributed by atoms with Crippen molar-refractivity contribution in [2.24, 2.45) is 0 Å². The third kappa shape index (κ3) is 7.51. The predicted molar refractivity (Wildman–Crippen MR) is 315 cm³/mol. The zero-order valence-electron chi connectivity index (χ0n) is 41.5. The first-order chi connectivity index (χ1) is 38.2. The maximum absolute atomic E-state index is 6.49. The summed E-state index contributed by atoms with van der Waals surface area (Å²) in [6, 6.07) is 93.5. The minimum atomic E-state index is 0.520. The lowest BCUT2D eigenvalue weighted by Gasteiger charge is -2.33. The molecule has 0 unspecified atom stereocenters. The zero-order valence-corrected chi connectivity index (χ0v) is 41.5. The lowest BCUT2D eigenvalue weighted by atomic mass is 9.88. The van der Waals surface area contributed by atoms with Crippen LogP contribution in [0.4, 0.5) is 34.4 Å². The predicted octanol–water partition coefficient (Wildman–Crippen LogP) is 18.7. The van der Waals surface area contributed by atoms with Gasteiger partial charge in [0.05, 0.1) is 22.6 Å². The number of fused-ring (bicyclic) bond motifs is 7. The highest BCUT2D eigenvalue weighted by Crippen LogP contribution is 2.54. The molecule has 0 saturated carbocycles. The van der Waals surface area contributed by atoms with Crippen molar-refractivity contribution in [2.45, 2.75) is 0 Å². The number of furan rings is 1. The number of pyridine rings is 1. The Hall–Kier alpha value is -10.5. The Morgan fingerprint density at radius 2 is 0.870 bits per heavy atom. The average Bonchev–Trinajstić information content (AvgIpc) is 3.98. The van der Waals surface area contributed by atoms with E-state index in [0.717, 1.165) is 128 Å². The van der Waals surface area contributed by atoms with Crippen molar-refractivity contribution in [1.82, 2.24) is 19.9 Å². The van der Waals surface area contributed by atoms with Crippen LogP contribution in [0.25, 0.3) is 111 Å². The molecule has 14 aromatic rings. The average molecular weight is 985 g/mol. The third-order valence-corrected chi connectivity index (χ3v) is 14.8. The van der Waals surface area contributed by atoms with Gasteiger partial charge in [-0.15, -0.1) is 0 Å². The highest BCUT2D eigenvalue weighted by Gasteiger charge is 2.32. The second kappa shape index (κ2) is 18.2. The number of aromatic nitrogens is 4. The molecule has 15 rings (SSSR count). The van der Waals surface area contributed by atoms with Gasteiger partial charge in [0.25, 0.3) is 0 Å². The van der Waals surface area contributed by atoms with Crippen molar-refractivity contribution in [3.63, 3.8) is 0 Å². The topological polar surface area (TPSA) is 71.2 Å². The molecular formula is C70H44N6O. The molecule has 77 heavy (non-hydrogen) atoms. The molecule has 4 heterocycles. The molecular weight excluding hydrogens is 941 g/mol. The summed E-state index contributed by atoms with van der Waals surface area (Å²) < 4.78 is 6.49. The number of nitrogens with zero attached hydrogens (tertiary/aromatic N) is 6. The lowest BCUT2D eigenvalue weighted by molar-refractivity contribution is 0.670. The van der Waals surface area contributed by atoms with E-state index in [2.05, 4.69) is 204 Å². The fourth-order valence-electron chi connectivity index (χ4n) is 11.3. The SMILES string of the molecule is c1ccc(-c2cccc(N(c3ccc(-c4cccc5c4-c4nc6ccccc6c6cccc(c46)N5c4nc(-c5ccccc5)nc(-c5ccccc5)n4)cc3)c3ccc(-c4cccc5c4oc4ccccc45)cc3)c2)cc1. The van der Waals surface area contributed by atoms with E-state index in [9.17, 15) is 0 Å². The van der Waals surface area contributed by atoms with Gasteiger partial charge in [0.1, 0.15) is 11.2 Å². The summed E-state index contributed by atoms with van der Waals surface area (Å²) in [7, 11) is 0. The van der Waals surface area contributed by atoms with E-state index < -0.39 is 0 Å². The van der Waals surface area contributed by atoms with Crippen LogP contribution in [0, 0.1) is 0 Å². The van der Waals surface area contributed by atoms with Gasteiger partial charge in [-0.2, -0.15) is 9.97 Å². The van der Waals surface area contributed by atoms with E-state index >= 15 is 0 Å². The highest BCUT2D eigenvalue weighted by atomic mass is 16.3. The number of hydrogen-bond donors (Lipinski definition) is 0. The minimum absolute atomic E-state index is 0.520. The van der Waals surface area contributed by atoms with Crippen molar-refractivity contribution in [1.29, 1.82) is 0 Å².